The topological polar surface area (TPSA) is 58.2 Å². The van der Waals surface area contributed by atoms with Gasteiger partial charge >= 0.3 is 11.7 Å². The molecule has 5 nitrogen and oxygen atoms in total. The summed E-state index contributed by atoms with van der Waals surface area (Å²) in [4.78, 5) is 16.8. The Bertz CT molecular complexity index is 1150. The van der Waals surface area contributed by atoms with E-state index in [1.165, 1.54) is 32.4 Å². The van der Waals surface area contributed by atoms with Gasteiger partial charge in [0, 0.05) is 11.1 Å². The lowest BCUT2D eigenvalue weighted by atomic mass is 9.53. The molecular weight excluding hydrogens is 393 g/mol. The van der Waals surface area contributed by atoms with Gasteiger partial charge in [0.25, 0.3) is 0 Å². The van der Waals surface area contributed by atoms with Crippen LogP contribution in [-0.2, 0) is 0 Å². The molecule has 4 aliphatic carbocycles. The van der Waals surface area contributed by atoms with Crippen molar-refractivity contribution in [3.63, 3.8) is 0 Å². The molecule has 0 saturated heterocycles. The maximum Gasteiger partial charge on any atom is 0.351 e. The molecule has 4 aliphatic rings. The van der Waals surface area contributed by atoms with Crippen molar-refractivity contribution in [3.8, 4) is 17.0 Å². The Morgan fingerprint density at radius 2 is 1.84 bits per heavy atom. The van der Waals surface area contributed by atoms with Gasteiger partial charge in [-0.3, -0.25) is 4.79 Å². The number of aromatic amines is 1. The number of halogens is 1. The summed E-state index contributed by atoms with van der Waals surface area (Å²) < 4.78 is 21.3. The Balaban J connectivity index is 1.37. The summed E-state index contributed by atoms with van der Waals surface area (Å²) in [5.74, 6) is 2.46. The van der Waals surface area contributed by atoms with Crippen molar-refractivity contribution in [2.24, 2.45) is 17.8 Å². The first-order valence-corrected chi connectivity index (χ1v) is 11.2. The van der Waals surface area contributed by atoms with Crippen molar-refractivity contribution >= 4 is 11.4 Å². The number of nitrogens with zero attached hydrogens (tertiary/aromatic N) is 1. The molecule has 4 fully saturated rings. The van der Waals surface area contributed by atoms with E-state index in [0.29, 0.717) is 11.4 Å². The van der Waals surface area contributed by atoms with E-state index in [4.69, 9.17) is 4.74 Å². The lowest BCUT2D eigenvalue weighted by Gasteiger charge is -2.56. The number of amides is 1. The van der Waals surface area contributed by atoms with Crippen molar-refractivity contribution in [2.75, 3.05) is 7.11 Å². The number of pyridine rings is 1. The van der Waals surface area contributed by atoms with Crippen LogP contribution in [-0.4, -0.2) is 23.5 Å². The molecule has 31 heavy (non-hydrogen) atoms. The third-order valence-electron chi connectivity index (χ3n) is 7.67. The van der Waals surface area contributed by atoms with Gasteiger partial charge in [0.1, 0.15) is 0 Å². The third kappa shape index (κ3) is 3.03. The zero-order chi connectivity index (χ0) is 21.2. The number of rotatable bonds is 4. The van der Waals surface area contributed by atoms with Crippen LogP contribution >= 0.6 is 0 Å². The van der Waals surface area contributed by atoms with Gasteiger partial charge in [-0.05, 0) is 86.6 Å². The molecular formula is C25H27FN3O2+. The summed E-state index contributed by atoms with van der Waals surface area (Å²) in [5.41, 5.74) is 2.17. The minimum Gasteiger partial charge on any atom is -0.494 e. The fourth-order valence-corrected chi connectivity index (χ4v) is 6.86. The Hall–Kier alpha value is -2.89. The number of hydrogen-bond donors (Lipinski definition) is 2. The predicted molar refractivity (Wildman–Crippen MR) is 114 cm³/mol. The molecule has 7 rings (SSSR count). The average Bonchev–Trinajstić information content (AvgIpc) is 3.12. The highest BCUT2D eigenvalue weighted by Crippen LogP contribution is 2.55. The SMILES string of the molecule is COc1ccc(-c2[nH]c(C(=O)NC34CC5CC(CC(C5)C3)C4)[n+]3ccccc23)cc1F. The van der Waals surface area contributed by atoms with E-state index < -0.39 is 5.82 Å². The molecule has 3 aromatic rings. The maximum absolute atomic E-state index is 14.4. The van der Waals surface area contributed by atoms with E-state index in [1.54, 1.807) is 6.07 Å². The molecule has 0 spiro atoms. The van der Waals surface area contributed by atoms with Crippen LogP contribution in [0.4, 0.5) is 4.39 Å². The van der Waals surface area contributed by atoms with Crippen LogP contribution in [0.3, 0.4) is 0 Å². The van der Waals surface area contributed by atoms with Crippen LogP contribution in [0.5, 0.6) is 5.75 Å². The van der Waals surface area contributed by atoms with Gasteiger partial charge in [0.15, 0.2) is 22.8 Å². The van der Waals surface area contributed by atoms with Crippen molar-refractivity contribution < 1.29 is 18.3 Å². The number of carbonyl (C=O) groups excluding carboxylic acids is 1. The van der Waals surface area contributed by atoms with E-state index in [1.807, 2.05) is 34.9 Å². The Morgan fingerprint density at radius 3 is 2.48 bits per heavy atom. The lowest BCUT2D eigenvalue weighted by molar-refractivity contribution is -0.514. The molecule has 4 bridgehead atoms. The predicted octanol–water partition coefficient (Wildman–Crippen LogP) is 4.27. The number of aromatic nitrogens is 2. The second-order valence-corrected chi connectivity index (χ2v) is 9.81. The van der Waals surface area contributed by atoms with E-state index in [2.05, 4.69) is 10.3 Å². The Morgan fingerprint density at radius 1 is 1.13 bits per heavy atom. The van der Waals surface area contributed by atoms with E-state index >= 15 is 0 Å². The zero-order valence-corrected chi connectivity index (χ0v) is 17.7. The molecule has 0 aliphatic heterocycles. The van der Waals surface area contributed by atoms with Crippen LogP contribution < -0.4 is 14.5 Å². The highest BCUT2D eigenvalue weighted by atomic mass is 19.1. The third-order valence-corrected chi connectivity index (χ3v) is 7.67. The summed E-state index contributed by atoms with van der Waals surface area (Å²) in [6, 6.07) is 10.6. The smallest absolute Gasteiger partial charge is 0.351 e. The van der Waals surface area contributed by atoms with Crippen molar-refractivity contribution in [3.05, 3.63) is 54.2 Å². The fraction of sp³-hybridized carbons (Fsp3) is 0.440. The lowest BCUT2D eigenvalue weighted by Crippen LogP contribution is -2.60. The molecule has 0 unspecified atom stereocenters. The summed E-state index contributed by atoms with van der Waals surface area (Å²) in [6.07, 6.45) is 9.19. The Kier molecular flexibility index (Phi) is 4.14. The monoisotopic (exact) mass is 420 g/mol. The van der Waals surface area contributed by atoms with Gasteiger partial charge in [0.2, 0.25) is 0 Å². The van der Waals surface area contributed by atoms with Crippen LogP contribution in [0.2, 0.25) is 0 Å². The minimum absolute atomic E-state index is 0.0645. The average molecular weight is 421 g/mol. The first-order chi connectivity index (χ1) is 15.0. The molecule has 1 amide bonds. The number of carbonyl (C=O) groups is 1. The molecule has 6 heteroatoms. The quantitative estimate of drug-likeness (QED) is 0.620. The summed E-state index contributed by atoms with van der Waals surface area (Å²) in [5, 5.41) is 3.44. The van der Waals surface area contributed by atoms with Crippen LogP contribution in [0.25, 0.3) is 16.8 Å². The number of methoxy groups -OCH3 is 1. The number of H-pyrrole nitrogens is 1. The van der Waals surface area contributed by atoms with Crippen molar-refractivity contribution in [1.82, 2.24) is 10.3 Å². The standard InChI is InChI=1S/C25H26FN3O2/c1-31-21-6-5-18(11-19(21)26)22-20-4-2-3-7-29(20)23(27-22)24(30)28-25-12-15-8-16(13-25)10-17(9-15)14-25/h2-7,11,15-17H,8-10,12-14H2,1H3,(H,28,30)/p+1. The van der Waals surface area contributed by atoms with Gasteiger partial charge in [0.05, 0.1) is 13.3 Å². The Labute approximate surface area is 180 Å². The molecule has 0 radical (unpaired) electrons. The number of fused-ring (bicyclic) bond motifs is 1. The number of nitrogens with one attached hydrogen (secondary N) is 2. The van der Waals surface area contributed by atoms with Crippen LogP contribution in [0, 0.1) is 23.6 Å². The van der Waals surface area contributed by atoms with E-state index in [9.17, 15) is 9.18 Å². The molecule has 2 heterocycles. The molecule has 2 N–H and O–H groups in total. The number of hydrogen-bond acceptors (Lipinski definition) is 2. The van der Waals surface area contributed by atoms with Crippen LogP contribution in [0.1, 0.15) is 49.1 Å². The van der Waals surface area contributed by atoms with Crippen LogP contribution in [0.15, 0.2) is 42.6 Å². The first-order valence-electron chi connectivity index (χ1n) is 11.2. The largest absolute Gasteiger partial charge is 0.494 e. The second kappa shape index (κ2) is 6.81. The normalized spacial score (nSPS) is 28.8. The van der Waals surface area contributed by atoms with Gasteiger partial charge in [-0.1, -0.05) is 6.07 Å². The minimum atomic E-state index is -0.428. The maximum atomic E-state index is 14.4. The fourth-order valence-electron chi connectivity index (χ4n) is 6.86. The molecule has 160 valence electrons. The van der Waals surface area contributed by atoms with Gasteiger partial charge in [-0.25, -0.2) is 9.37 Å². The summed E-state index contributed by atoms with van der Waals surface area (Å²) in [7, 11) is 1.45. The second-order valence-electron chi connectivity index (χ2n) is 9.81. The number of benzene rings is 1. The van der Waals surface area contributed by atoms with E-state index in [-0.39, 0.29) is 17.2 Å². The van der Waals surface area contributed by atoms with E-state index in [0.717, 1.165) is 48.2 Å². The number of ether oxygens (including phenoxy) is 1. The zero-order valence-electron chi connectivity index (χ0n) is 17.7. The van der Waals surface area contributed by atoms with Gasteiger partial charge in [-0.15, -0.1) is 0 Å². The summed E-state index contributed by atoms with van der Waals surface area (Å²) in [6.45, 7) is 0. The molecule has 1 aromatic carbocycles. The molecule has 0 atom stereocenters. The van der Waals surface area contributed by atoms with Gasteiger partial charge < -0.3 is 10.1 Å². The highest BCUT2D eigenvalue weighted by Gasteiger charge is 2.52. The number of imidazole rings is 1. The van der Waals surface area contributed by atoms with Crippen molar-refractivity contribution in [2.45, 2.75) is 44.1 Å². The van der Waals surface area contributed by atoms with Crippen molar-refractivity contribution in [1.29, 1.82) is 0 Å². The van der Waals surface area contributed by atoms with Gasteiger partial charge in [-0.2, -0.15) is 4.40 Å². The summed E-state index contributed by atoms with van der Waals surface area (Å²) >= 11 is 0. The molecule has 2 aromatic heterocycles. The first kappa shape index (κ1) is 18.8. The highest BCUT2D eigenvalue weighted by molar-refractivity contribution is 5.92. The molecule has 4 saturated carbocycles.